The molecule has 0 aliphatic rings. The molecule has 0 radical (unpaired) electrons. The van der Waals surface area contributed by atoms with E-state index in [-0.39, 0.29) is 11.2 Å². The molecule has 0 saturated heterocycles. The van der Waals surface area contributed by atoms with Gasteiger partial charge in [-0.1, -0.05) is 60.4 Å². The Morgan fingerprint density at radius 3 is 2.64 bits per heavy atom. The highest BCUT2D eigenvalue weighted by Gasteiger charge is 2.17. The topological polar surface area (TPSA) is 66.9 Å². The Morgan fingerprint density at radius 2 is 2.00 bits per heavy atom. The van der Waals surface area contributed by atoms with Gasteiger partial charge in [-0.15, -0.1) is 10.2 Å². The Bertz CT molecular complexity index is 603. The Morgan fingerprint density at radius 1 is 1.27 bits per heavy atom. The van der Waals surface area contributed by atoms with E-state index in [1.807, 2.05) is 25.1 Å². The number of hydrogen-bond acceptors (Lipinski definition) is 6. The monoisotopic (exact) mass is 336 g/mol. The van der Waals surface area contributed by atoms with E-state index in [0.29, 0.717) is 12.5 Å². The fourth-order valence-corrected chi connectivity index (χ4v) is 3.73. The molecule has 0 saturated carbocycles. The van der Waals surface area contributed by atoms with Gasteiger partial charge in [0, 0.05) is 13.6 Å². The molecule has 2 aromatic rings. The van der Waals surface area contributed by atoms with Gasteiger partial charge < -0.3 is 10.6 Å². The first-order valence-corrected chi connectivity index (χ1v) is 8.80. The minimum atomic E-state index is -0.194. The molecule has 7 heteroatoms. The molecule has 0 unspecified atom stereocenters. The van der Waals surface area contributed by atoms with Gasteiger partial charge in [0.1, 0.15) is 0 Å². The number of amides is 1. The number of rotatable bonds is 7. The van der Waals surface area contributed by atoms with Crippen molar-refractivity contribution in [1.29, 1.82) is 0 Å². The van der Waals surface area contributed by atoms with Gasteiger partial charge in [-0.25, -0.2) is 0 Å². The molecular weight excluding hydrogens is 316 g/mol. The highest BCUT2D eigenvalue weighted by Crippen LogP contribution is 2.28. The van der Waals surface area contributed by atoms with Crippen molar-refractivity contribution in [3.63, 3.8) is 0 Å². The zero-order valence-electron chi connectivity index (χ0n) is 12.9. The lowest BCUT2D eigenvalue weighted by Crippen LogP contribution is -2.33. The molecule has 0 aliphatic heterocycles. The summed E-state index contributed by atoms with van der Waals surface area (Å²) in [6.07, 6.45) is 0. The fraction of sp³-hybridized carbons (Fsp3) is 0.400. The molecular formula is C15H20N4OS2. The molecule has 1 aromatic carbocycles. The molecule has 1 amide bonds. The van der Waals surface area contributed by atoms with Crippen molar-refractivity contribution in [2.75, 3.05) is 18.9 Å². The SMILES string of the molecule is CNc1nnc(S[C@@H](C)C(=O)NC[C@@H](C)c2ccccc2)s1. The normalized spacial score (nSPS) is 13.4. The zero-order chi connectivity index (χ0) is 15.9. The van der Waals surface area contributed by atoms with Crippen LogP contribution in [0.3, 0.4) is 0 Å². The van der Waals surface area contributed by atoms with Gasteiger partial charge in [0.15, 0.2) is 4.34 Å². The number of anilines is 1. The second-order valence-electron chi connectivity index (χ2n) is 4.94. The molecule has 0 spiro atoms. The zero-order valence-corrected chi connectivity index (χ0v) is 14.5. The molecule has 1 aromatic heterocycles. The number of benzene rings is 1. The molecule has 0 bridgehead atoms. The predicted octanol–water partition coefficient (Wildman–Crippen LogP) is 2.98. The van der Waals surface area contributed by atoms with Crippen molar-refractivity contribution >= 4 is 34.1 Å². The number of nitrogens with one attached hydrogen (secondary N) is 2. The van der Waals surface area contributed by atoms with Crippen LogP contribution in [0, 0.1) is 0 Å². The van der Waals surface area contributed by atoms with Crippen molar-refractivity contribution in [2.24, 2.45) is 0 Å². The number of aromatic nitrogens is 2. The van der Waals surface area contributed by atoms with Crippen LogP contribution >= 0.6 is 23.1 Å². The van der Waals surface area contributed by atoms with E-state index >= 15 is 0 Å². The summed E-state index contributed by atoms with van der Waals surface area (Å²) >= 11 is 2.88. The van der Waals surface area contributed by atoms with Gasteiger partial charge in [0.2, 0.25) is 11.0 Å². The van der Waals surface area contributed by atoms with Crippen molar-refractivity contribution in [3.8, 4) is 0 Å². The molecule has 0 fully saturated rings. The third-order valence-corrected chi connectivity index (χ3v) is 5.34. The van der Waals surface area contributed by atoms with Crippen LogP contribution in [0.15, 0.2) is 34.7 Å². The van der Waals surface area contributed by atoms with E-state index in [1.54, 1.807) is 7.05 Å². The Balaban J connectivity index is 1.81. The lowest BCUT2D eigenvalue weighted by atomic mass is 10.0. The summed E-state index contributed by atoms with van der Waals surface area (Å²) in [5.74, 6) is 0.314. The standard InChI is InChI=1S/C15H20N4OS2/c1-10(12-7-5-4-6-8-12)9-17-13(20)11(2)21-15-19-18-14(16-3)22-15/h4-8,10-11H,9H2,1-3H3,(H,16,18)(H,17,20)/t10-,11+/m1/s1. The smallest absolute Gasteiger partial charge is 0.233 e. The van der Waals surface area contributed by atoms with Gasteiger partial charge in [-0.05, 0) is 18.4 Å². The second-order valence-corrected chi connectivity index (χ2v) is 7.51. The average Bonchev–Trinajstić information content (AvgIpc) is 3.00. The van der Waals surface area contributed by atoms with Crippen molar-refractivity contribution in [1.82, 2.24) is 15.5 Å². The first-order valence-electron chi connectivity index (χ1n) is 7.10. The lowest BCUT2D eigenvalue weighted by Gasteiger charge is -2.15. The van der Waals surface area contributed by atoms with Crippen LogP contribution < -0.4 is 10.6 Å². The minimum absolute atomic E-state index is 0.0222. The molecule has 2 N–H and O–H groups in total. The third kappa shape index (κ3) is 4.71. The van der Waals surface area contributed by atoms with Crippen molar-refractivity contribution in [2.45, 2.75) is 29.4 Å². The number of hydrogen-bond donors (Lipinski definition) is 2. The molecule has 118 valence electrons. The quantitative estimate of drug-likeness (QED) is 0.761. The van der Waals surface area contributed by atoms with Crippen LogP contribution in [0.25, 0.3) is 0 Å². The summed E-state index contributed by atoms with van der Waals surface area (Å²) in [6, 6.07) is 10.2. The van der Waals surface area contributed by atoms with Gasteiger partial charge in [0.25, 0.3) is 0 Å². The first kappa shape index (κ1) is 16.8. The summed E-state index contributed by atoms with van der Waals surface area (Å²) in [5.41, 5.74) is 1.23. The summed E-state index contributed by atoms with van der Waals surface area (Å²) in [6.45, 7) is 4.62. The van der Waals surface area contributed by atoms with E-state index in [0.717, 1.165) is 9.47 Å². The summed E-state index contributed by atoms with van der Waals surface area (Å²) in [5, 5.41) is 14.5. The largest absolute Gasteiger partial charge is 0.363 e. The molecule has 2 atom stereocenters. The Labute approximate surface area is 138 Å². The number of nitrogens with zero attached hydrogens (tertiary/aromatic N) is 2. The molecule has 2 rings (SSSR count). The first-order chi connectivity index (χ1) is 10.6. The van der Waals surface area contributed by atoms with Crippen LogP contribution in [0.1, 0.15) is 25.3 Å². The van der Waals surface area contributed by atoms with E-state index in [4.69, 9.17) is 0 Å². The number of thioether (sulfide) groups is 1. The van der Waals surface area contributed by atoms with Crippen LogP contribution in [0.5, 0.6) is 0 Å². The van der Waals surface area contributed by atoms with Gasteiger partial charge in [-0.2, -0.15) is 0 Å². The van der Waals surface area contributed by atoms with Crippen LogP contribution in [0.2, 0.25) is 0 Å². The fourth-order valence-electron chi connectivity index (χ4n) is 1.86. The van der Waals surface area contributed by atoms with Crippen LogP contribution in [-0.4, -0.2) is 34.9 Å². The van der Waals surface area contributed by atoms with E-state index < -0.39 is 0 Å². The van der Waals surface area contributed by atoms with Gasteiger partial charge in [0.05, 0.1) is 5.25 Å². The minimum Gasteiger partial charge on any atom is -0.363 e. The van der Waals surface area contributed by atoms with E-state index in [9.17, 15) is 4.79 Å². The highest BCUT2D eigenvalue weighted by atomic mass is 32.2. The maximum absolute atomic E-state index is 12.2. The maximum Gasteiger partial charge on any atom is 0.233 e. The maximum atomic E-state index is 12.2. The van der Waals surface area contributed by atoms with Crippen molar-refractivity contribution < 1.29 is 4.79 Å². The second kappa shape index (κ2) is 8.14. The van der Waals surface area contributed by atoms with E-state index in [1.165, 1.54) is 28.7 Å². The summed E-state index contributed by atoms with van der Waals surface area (Å²) in [4.78, 5) is 12.2. The van der Waals surface area contributed by atoms with Gasteiger partial charge in [-0.3, -0.25) is 4.79 Å². The molecule has 1 heterocycles. The molecule has 22 heavy (non-hydrogen) atoms. The van der Waals surface area contributed by atoms with Crippen LogP contribution in [-0.2, 0) is 4.79 Å². The van der Waals surface area contributed by atoms with Crippen LogP contribution in [0.4, 0.5) is 5.13 Å². The lowest BCUT2D eigenvalue weighted by molar-refractivity contribution is -0.120. The van der Waals surface area contributed by atoms with Crippen molar-refractivity contribution in [3.05, 3.63) is 35.9 Å². The highest BCUT2D eigenvalue weighted by molar-refractivity contribution is 8.02. The molecule has 5 nitrogen and oxygen atoms in total. The molecule has 0 aliphatic carbocycles. The van der Waals surface area contributed by atoms with E-state index in [2.05, 4.69) is 39.9 Å². The Hall–Kier alpha value is -1.60. The Kier molecular flexibility index (Phi) is 6.21. The number of carbonyl (C=O) groups excluding carboxylic acids is 1. The summed E-state index contributed by atoms with van der Waals surface area (Å²) in [7, 11) is 1.80. The third-order valence-electron chi connectivity index (χ3n) is 3.22. The average molecular weight is 336 g/mol. The predicted molar refractivity (Wildman–Crippen MR) is 92.6 cm³/mol. The summed E-state index contributed by atoms with van der Waals surface area (Å²) < 4.78 is 0.795. The number of carbonyl (C=O) groups is 1. The van der Waals surface area contributed by atoms with Gasteiger partial charge >= 0.3 is 0 Å².